The van der Waals surface area contributed by atoms with Crippen molar-refractivity contribution in [3.63, 3.8) is 0 Å². The molecule has 0 saturated carbocycles. The van der Waals surface area contributed by atoms with Gasteiger partial charge in [0.25, 0.3) is 0 Å². The van der Waals surface area contributed by atoms with Crippen molar-refractivity contribution in [3.05, 3.63) is 30.6 Å². The molecule has 1 aliphatic rings. The molecule has 1 unspecified atom stereocenters. The highest BCUT2D eigenvalue weighted by Crippen LogP contribution is 2.29. The van der Waals surface area contributed by atoms with Crippen LogP contribution >= 0.6 is 0 Å². The van der Waals surface area contributed by atoms with E-state index in [0.717, 1.165) is 42.5 Å². The lowest BCUT2D eigenvalue weighted by molar-refractivity contribution is -0.122. The Kier molecular flexibility index (Phi) is 5.81. The van der Waals surface area contributed by atoms with Crippen LogP contribution in [0, 0.1) is 0 Å². The minimum Gasteiger partial charge on any atom is -0.379 e. The Hall–Kier alpha value is -2.21. The molecule has 3 rings (SSSR count). The Morgan fingerprint density at radius 1 is 1.36 bits per heavy atom. The van der Waals surface area contributed by atoms with Crippen LogP contribution in [0.1, 0.15) is 33.1 Å². The van der Waals surface area contributed by atoms with E-state index >= 15 is 0 Å². The average Bonchev–Trinajstić information content (AvgIpc) is 3.10. The lowest BCUT2D eigenvalue weighted by Crippen LogP contribution is -2.44. The van der Waals surface area contributed by atoms with Gasteiger partial charge in [-0.05, 0) is 45.2 Å². The quantitative estimate of drug-likeness (QED) is 0.783. The summed E-state index contributed by atoms with van der Waals surface area (Å²) in [6.45, 7) is 6.18. The Labute approximate surface area is 148 Å². The molecule has 1 aromatic heterocycles. The molecule has 6 nitrogen and oxygen atoms in total. The van der Waals surface area contributed by atoms with Gasteiger partial charge in [-0.3, -0.25) is 4.79 Å². The van der Waals surface area contributed by atoms with Crippen molar-refractivity contribution in [2.24, 2.45) is 0 Å². The summed E-state index contributed by atoms with van der Waals surface area (Å²) in [4.78, 5) is 23.5. The predicted molar refractivity (Wildman–Crippen MR) is 98.6 cm³/mol. The van der Waals surface area contributed by atoms with E-state index in [9.17, 15) is 4.79 Å². The van der Waals surface area contributed by atoms with E-state index in [0.29, 0.717) is 13.2 Å². The molecule has 25 heavy (non-hydrogen) atoms. The molecule has 0 bridgehead atoms. The molecule has 2 heterocycles. The molecule has 134 valence electrons. The van der Waals surface area contributed by atoms with E-state index in [1.165, 1.54) is 0 Å². The average molecular weight is 342 g/mol. The first-order valence-electron chi connectivity index (χ1n) is 9.02. The van der Waals surface area contributed by atoms with Crippen LogP contribution in [0.3, 0.4) is 0 Å². The number of hydrogen-bond donors (Lipinski definition) is 1. The highest BCUT2D eigenvalue weighted by Gasteiger charge is 2.32. The lowest BCUT2D eigenvalue weighted by atomic mass is 10.2. The summed E-state index contributed by atoms with van der Waals surface area (Å²) in [6.07, 6.45) is 4.48. The molecular formula is C19H26N4O2. The number of nitrogens with zero attached hydrogens (tertiary/aromatic N) is 3. The van der Waals surface area contributed by atoms with E-state index in [-0.39, 0.29) is 18.1 Å². The van der Waals surface area contributed by atoms with Crippen molar-refractivity contribution in [1.29, 1.82) is 0 Å². The monoisotopic (exact) mass is 342 g/mol. The van der Waals surface area contributed by atoms with Gasteiger partial charge >= 0.3 is 0 Å². The zero-order chi connectivity index (χ0) is 17.6. The second-order valence-corrected chi connectivity index (χ2v) is 6.63. The fourth-order valence-corrected chi connectivity index (χ4v) is 3.23. The summed E-state index contributed by atoms with van der Waals surface area (Å²) in [5, 5.41) is 4.04. The number of hydrogen-bond acceptors (Lipinski definition) is 5. The molecular weight excluding hydrogens is 316 g/mol. The van der Waals surface area contributed by atoms with Crippen molar-refractivity contribution in [1.82, 2.24) is 15.3 Å². The van der Waals surface area contributed by atoms with Gasteiger partial charge in [-0.2, -0.15) is 0 Å². The second kappa shape index (κ2) is 8.25. The third-order valence-electron chi connectivity index (χ3n) is 4.42. The SMILES string of the molecule is CC(C)OCCCNC(=O)C1CCCN1c1ncnc2ccccc12. The first-order valence-corrected chi connectivity index (χ1v) is 9.02. The molecule has 1 amide bonds. The number of anilines is 1. The maximum Gasteiger partial charge on any atom is 0.242 e. The Morgan fingerprint density at radius 2 is 2.20 bits per heavy atom. The number of ether oxygens (including phenoxy) is 1. The smallest absolute Gasteiger partial charge is 0.242 e. The van der Waals surface area contributed by atoms with Crippen LogP contribution in [0.4, 0.5) is 5.82 Å². The van der Waals surface area contributed by atoms with Gasteiger partial charge in [0.05, 0.1) is 11.6 Å². The van der Waals surface area contributed by atoms with E-state index < -0.39 is 0 Å². The van der Waals surface area contributed by atoms with Crippen molar-refractivity contribution in [2.75, 3.05) is 24.6 Å². The first-order chi connectivity index (χ1) is 12.2. The van der Waals surface area contributed by atoms with Gasteiger partial charge in [0.2, 0.25) is 5.91 Å². The van der Waals surface area contributed by atoms with Crippen LogP contribution in [0.5, 0.6) is 0 Å². The maximum atomic E-state index is 12.6. The van der Waals surface area contributed by atoms with Crippen LogP contribution < -0.4 is 10.2 Å². The van der Waals surface area contributed by atoms with Crippen LogP contribution in [0.15, 0.2) is 30.6 Å². The number of aromatic nitrogens is 2. The summed E-state index contributed by atoms with van der Waals surface area (Å²) in [5.74, 6) is 0.927. The molecule has 6 heteroatoms. The van der Waals surface area contributed by atoms with Crippen molar-refractivity contribution in [3.8, 4) is 0 Å². The third-order valence-corrected chi connectivity index (χ3v) is 4.42. The van der Waals surface area contributed by atoms with Gasteiger partial charge in [0.1, 0.15) is 18.2 Å². The van der Waals surface area contributed by atoms with Crippen LogP contribution in [0.2, 0.25) is 0 Å². The van der Waals surface area contributed by atoms with E-state index in [2.05, 4.69) is 20.2 Å². The number of benzene rings is 1. The number of carbonyl (C=O) groups excluding carboxylic acids is 1. The second-order valence-electron chi connectivity index (χ2n) is 6.63. The molecule has 1 aromatic carbocycles. The van der Waals surface area contributed by atoms with Crippen LogP contribution in [-0.2, 0) is 9.53 Å². The normalized spacial score (nSPS) is 17.4. The van der Waals surface area contributed by atoms with E-state index in [1.807, 2.05) is 38.1 Å². The third kappa shape index (κ3) is 4.25. The maximum absolute atomic E-state index is 12.6. The summed E-state index contributed by atoms with van der Waals surface area (Å²) in [7, 11) is 0. The highest BCUT2D eigenvalue weighted by molar-refractivity contribution is 5.93. The summed E-state index contributed by atoms with van der Waals surface area (Å²) in [6, 6.07) is 7.77. The van der Waals surface area contributed by atoms with Gasteiger partial charge in [-0.25, -0.2) is 9.97 Å². The molecule has 1 fully saturated rings. The molecule has 1 N–H and O–H groups in total. The topological polar surface area (TPSA) is 67.3 Å². The predicted octanol–water partition coefficient (Wildman–Crippen LogP) is 2.53. The van der Waals surface area contributed by atoms with E-state index in [4.69, 9.17) is 4.74 Å². The zero-order valence-electron chi connectivity index (χ0n) is 14.9. The molecule has 1 aliphatic heterocycles. The van der Waals surface area contributed by atoms with Crippen molar-refractivity contribution in [2.45, 2.75) is 45.3 Å². The van der Waals surface area contributed by atoms with Gasteiger partial charge < -0.3 is 15.0 Å². The molecule has 0 radical (unpaired) electrons. The Balaban J connectivity index is 1.65. The molecule has 1 saturated heterocycles. The largest absolute Gasteiger partial charge is 0.379 e. The van der Waals surface area contributed by atoms with Crippen LogP contribution in [0.25, 0.3) is 10.9 Å². The number of rotatable bonds is 7. The van der Waals surface area contributed by atoms with Gasteiger partial charge in [0, 0.05) is 25.1 Å². The number of carbonyl (C=O) groups is 1. The molecule has 2 aromatic rings. The summed E-state index contributed by atoms with van der Waals surface area (Å²) >= 11 is 0. The van der Waals surface area contributed by atoms with E-state index in [1.54, 1.807) is 6.33 Å². The zero-order valence-corrected chi connectivity index (χ0v) is 14.9. The number of fused-ring (bicyclic) bond motifs is 1. The van der Waals surface area contributed by atoms with Crippen LogP contribution in [-0.4, -0.2) is 47.7 Å². The van der Waals surface area contributed by atoms with Gasteiger partial charge in [-0.15, -0.1) is 0 Å². The molecule has 0 aliphatic carbocycles. The first kappa shape index (κ1) is 17.6. The summed E-state index contributed by atoms with van der Waals surface area (Å²) < 4.78 is 5.51. The molecule has 1 atom stereocenters. The number of nitrogens with one attached hydrogen (secondary N) is 1. The standard InChI is InChI=1S/C19H26N4O2/c1-14(2)25-12-6-10-20-19(24)17-9-5-11-23(17)18-15-7-3-4-8-16(15)21-13-22-18/h3-4,7-8,13-14,17H,5-6,9-12H2,1-2H3,(H,20,24). The fourth-order valence-electron chi connectivity index (χ4n) is 3.23. The summed E-state index contributed by atoms with van der Waals surface area (Å²) in [5.41, 5.74) is 0.907. The molecule has 0 spiro atoms. The Bertz CT molecular complexity index is 714. The number of para-hydroxylation sites is 1. The highest BCUT2D eigenvalue weighted by atomic mass is 16.5. The van der Waals surface area contributed by atoms with Crippen molar-refractivity contribution < 1.29 is 9.53 Å². The Morgan fingerprint density at radius 3 is 3.04 bits per heavy atom. The minimum absolute atomic E-state index is 0.0738. The van der Waals surface area contributed by atoms with Gasteiger partial charge in [-0.1, -0.05) is 12.1 Å². The van der Waals surface area contributed by atoms with Gasteiger partial charge in [0.15, 0.2) is 0 Å². The number of amides is 1. The minimum atomic E-state index is -0.163. The van der Waals surface area contributed by atoms with Crippen molar-refractivity contribution >= 4 is 22.6 Å². The fraction of sp³-hybridized carbons (Fsp3) is 0.526. The lowest BCUT2D eigenvalue weighted by Gasteiger charge is -2.25.